The Bertz CT molecular complexity index is 646. The van der Waals surface area contributed by atoms with Crippen molar-refractivity contribution in [3.05, 3.63) is 41.5 Å². The number of carbonyl (C=O) groups excluding carboxylic acids is 1. The fourth-order valence-electron chi connectivity index (χ4n) is 5.16. The van der Waals surface area contributed by atoms with Crippen LogP contribution in [0, 0.1) is 19.8 Å². The molecule has 1 N–H and O–H groups in total. The molecule has 1 amide bonds. The smallest absolute Gasteiger partial charge is 0.246 e. The first-order valence-electron chi connectivity index (χ1n) is 9.74. The largest absolute Gasteiger partial charge is 0.507 e. The SMILES string of the molecule is C=CC(=O)N1C(C)(C)CC(CCCc2cc(C)c(O)c(C)c2)CC1(C)C. The Balaban J connectivity index is 2.01. The first kappa shape index (κ1) is 20.5. The number of nitrogens with zero attached hydrogens (tertiary/aromatic N) is 1. The van der Waals surface area contributed by atoms with E-state index in [9.17, 15) is 9.90 Å². The van der Waals surface area contributed by atoms with Crippen molar-refractivity contribution < 1.29 is 9.90 Å². The first-order valence-corrected chi connectivity index (χ1v) is 9.74. The summed E-state index contributed by atoms with van der Waals surface area (Å²) in [6, 6.07) is 4.20. The van der Waals surface area contributed by atoms with Gasteiger partial charge < -0.3 is 10.0 Å². The van der Waals surface area contributed by atoms with E-state index in [1.54, 1.807) is 0 Å². The summed E-state index contributed by atoms with van der Waals surface area (Å²) in [6.07, 6.45) is 6.85. The van der Waals surface area contributed by atoms with Gasteiger partial charge in [-0.1, -0.05) is 18.7 Å². The molecular formula is C23H35NO2. The van der Waals surface area contributed by atoms with Gasteiger partial charge in [0.2, 0.25) is 5.91 Å². The summed E-state index contributed by atoms with van der Waals surface area (Å²) in [6.45, 7) is 16.3. The Kier molecular flexibility index (Phi) is 5.89. The summed E-state index contributed by atoms with van der Waals surface area (Å²) in [4.78, 5) is 14.4. The van der Waals surface area contributed by atoms with Crippen molar-refractivity contribution in [3.8, 4) is 5.75 Å². The molecule has 1 aliphatic rings. The lowest BCUT2D eigenvalue weighted by molar-refractivity contribution is -0.146. The van der Waals surface area contributed by atoms with Gasteiger partial charge in [-0.05, 0) is 102 Å². The van der Waals surface area contributed by atoms with Gasteiger partial charge in [-0.2, -0.15) is 0 Å². The van der Waals surface area contributed by atoms with E-state index in [2.05, 4.69) is 46.4 Å². The predicted molar refractivity (Wildman–Crippen MR) is 108 cm³/mol. The number of phenols is 1. The maximum Gasteiger partial charge on any atom is 0.246 e. The summed E-state index contributed by atoms with van der Waals surface area (Å²) in [5.74, 6) is 1.07. The monoisotopic (exact) mass is 357 g/mol. The molecule has 0 saturated carbocycles. The molecule has 0 aromatic heterocycles. The van der Waals surface area contributed by atoms with Gasteiger partial charge in [0.15, 0.2) is 0 Å². The molecule has 1 fully saturated rings. The maximum absolute atomic E-state index is 12.4. The fourth-order valence-corrected chi connectivity index (χ4v) is 5.16. The Morgan fingerprint density at radius 2 is 1.69 bits per heavy atom. The second kappa shape index (κ2) is 7.46. The minimum atomic E-state index is -0.149. The second-order valence-electron chi connectivity index (χ2n) is 9.25. The van der Waals surface area contributed by atoms with Crippen molar-refractivity contribution >= 4 is 5.91 Å². The molecule has 0 spiro atoms. The molecule has 0 atom stereocenters. The van der Waals surface area contributed by atoms with E-state index >= 15 is 0 Å². The molecule has 26 heavy (non-hydrogen) atoms. The van der Waals surface area contributed by atoms with Crippen molar-refractivity contribution in [1.82, 2.24) is 4.90 Å². The van der Waals surface area contributed by atoms with Gasteiger partial charge in [-0.15, -0.1) is 0 Å². The number of rotatable bonds is 5. The van der Waals surface area contributed by atoms with Crippen molar-refractivity contribution in [3.63, 3.8) is 0 Å². The predicted octanol–water partition coefficient (Wildman–Crippen LogP) is 5.31. The number of aromatic hydroxyl groups is 1. The summed E-state index contributed by atoms with van der Waals surface area (Å²) in [7, 11) is 0. The zero-order chi connectivity index (χ0) is 19.7. The molecule has 3 nitrogen and oxygen atoms in total. The van der Waals surface area contributed by atoms with E-state index in [1.165, 1.54) is 18.1 Å². The lowest BCUT2D eigenvalue weighted by atomic mass is 9.72. The molecule has 2 rings (SSSR count). The summed E-state index contributed by atoms with van der Waals surface area (Å²) in [5, 5.41) is 9.93. The third-order valence-electron chi connectivity index (χ3n) is 5.81. The Morgan fingerprint density at radius 3 is 2.15 bits per heavy atom. The van der Waals surface area contributed by atoms with Gasteiger partial charge in [0, 0.05) is 11.1 Å². The number of benzene rings is 1. The summed E-state index contributed by atoms with van der Waals surface area (Å²) in [5.41, 5.74) is 2.92. The average molecular weight is 358 g/mol. The molecule has 3 heteroatoms. The first-order chi connectivity index (χ1) is 12.0. The molecule has 144 valence electrons. The molecule has 0 bridgehead atoms. The highest BCUT2D eigenvalue weighted by Gasteiger charge is 2.46. The average Bonchev–Trinajstić information content (AvgIpc) is 2.49. The molecule has 1 aliphatic heterocycles. The number of carbonyl (C=O) groups is 1. The van der Waals surface area contributed by atoms with Crippen molar-refractivity contribution in [2.45, 2.75) is 84.7 Å². The number of hydrogen-bond acceptors (Lipinski definition) is 2. The molecule has 1 heterocycles. The zero-order valence-corrected chi connectivity index (χ0v) is 17.4. The van der Waals surface area contributed by atoms with E-state index in [0.717, 1.165) is 36.8 Å². The van der Waals surface area contributed by atoms with Crippen molar-refractivity contribution in [2.24, 2.45) is 5.92 Å². The van der Waals surface area contributed by atoms with Crippen LogP contribution < -0.4 is 0 Å². The van der Waals surface area contributed by atoms with Gasteiger partial charge in [0.1, 0.15) is 5.75 Å². The Hall–Kier alpha value is -1.77. The molecule has 1 aromatic carbocycles. The topological polar surface area (TPSA) is 40.5 Å². The second-order valence-corrected chi connectivity index (χ2v) is 9.25. The highest BCUT2D eigenvalue weighted by Crippen LogP contribution is 2.43. The van der Waals surface area contributed by atoms with E-state index in [-0.39, 0.29) is 17.0 Å². The van der Waals surface area contributed by atoms with Crippen LogP contribution in [0.2, 0.25) is 0 Å². The number of likely N-dealkylation sites (tertiary alicyclic amines) is 1. The van der Waals surface area contributed by atoms with Crippen LogP contribution in [0.25, 0.3) is 0 Å². The Labute approximate surface area is 159 Å². The quantitative estimate of drug-likeness (QED) is 0.725. The van der Waals surface area contributed by atoms with Crippen LogP contribution >= 0.6 is 0 Å². The fraction of sp³-hybridized carbons (Fsp3) is 0.609. The van der Waals surface area contributed by atoms with Crippen LogP contribution in [0.5, 0.6) is 5.75 Å². The normalized spacial score (nSPS) is 19.4. The van der Waals surface area contributed by atoms with Gasteiger partial charge >= 0.3 is 0 Å². The third kappa shape index (κ3) is 4.31. The number of amides is 1. The van der Waals surface area contributed by atoms with Crippen LogP contribution in [0.15, 0.2) is 24.8 Å². The van der Waals surface area contributed by atoms with Crippen LogP contribution in [0.3, 0.4) is 0 Å². The van der Waals surface area contributed by atoms with Gasteiger partial charge in [0.25, 0.3) is 0 Å². The molecule has 0 unspecified atom stereocenters. The highest BCUT2D eigenvalue weighted by molar-refractivity contribution is 5.88. The van der Waals surface area contributed by atoms with Gasteiger partial charge in [-0.3, -0.25) is 4.79 Å². The number of piperidine rings is 1. The minimum Gasteiger partial charge on any atom is -0.507 e. The lowest BCUT2D eigenvalue weighted by Crippen LogP contribution is -2.62. The van der Waals surface area contributed by atoms with Crippen LogP contribution in [0.4, 0.5) is 0 Å². The molecular weight excluding hydrogens is 322 g/mol. The van der Waals surface area contributed by atoms with E-state index < -0.39 is 0 Å². The van der Waals surface area contributed by atoms with E-state index in [0.29, 0.717) is 11.7 Å². The number of hydrogen-bond donors (Lipinski definition) is 1. The number of phenolic OH excluding ortho intramolecular Hbond substituents is 1. The third-order valence-corrected chi connectivity index (χ3v) is 5.81. The van der Waals surface area contributed by atoms with E-state index in [1.807, 2.05) is 18.7 Å². The van der Waals surface area contributed by atoms with Crippen LogP contribution in [0.1, 0.15) is 70.1 Å². The van der Waals surface area contributed by atoms with Crippen molar-refractivity contribution in [1.29, 1.82) is 0 Å². The lowest BCUT2D eigenvalue weighted by Gasteiger charge is -2.55. The van der Waals surface area contributed by atoms with Crippen molar-refractivity contribution in [2.75, 3.05) is 0 Å². The Morgan fingerprint density at radius 1 is 1.19 bits per heavy atom. The minimum absolute atomic E-state index is 0.0356. The zero-order valence-electron chi connectivity index (χ0n) is 17.4. The molecule has 1 saturated heterocycles. The van der Waals surface area contributed by atoms with Gasteiger partial charge in [-0.25, -0.2) is 0 Å². The molecule has 0 radical (unpaired) electrons. The number of aryl methyl sites for hydroxylation is 3. The summed E-state index contributed by atoms with van der Waals surface area (Å²) < 4.78 is 0. The van der Waals surface area contributed by atoms with Crippen LogP contribution in [-0.2, 0) is 11.2 Å². The van der Waals surface area contributed by atoms with Gasteiger partial charge in [0.05, 0.1) is 0 Å². The maximum atomic E-state index is 12.4. The van der Waals surface area contributed by atoms with Crippen LogP contribution in [-0.4, -0.2) is 27.0 Å². The molecule has 0 aliphatic carbocycles. The molecule has 1 aromatic rings. The standard InChI is InChI=1S/C23H35NO2/c1-8-20(25)24-22(4,5)14-19(15-23(24,6)7)11-9-10-18-12-16(2)21(26)17(3)13-18/h8,12-13,19,26H,1,9-11,14-15H2,2-7H3. The highest BCUT2D eigenvalue weighted by atomic mass is 16.3. The van der Waals surface area contributed by atoms with E-state index in [4.69, 9.17) is 0 Å². The summed E-state index contributed by atoms with van der Waals surface area (Å²) >= 11 is 0.